The summed E-state index contributed by atoms with van der Waals surface area (Å²) in [5, 5.41) is 8.53. The number of pyridine rings is 1. The standard InChI is InChI=1S/C59H80F3N11O8/c1-37(78-4)50-44(24-41(26-64-50)69-18-17-68-19-21-79-31-42(68)29-69)52-45-25-57(2,3)36-80-56(77)46-12-8-16-73(66-46)55(76)48(30-67-15-7-11-40(28-67)39-13-14-49(43(45)23-39)72(52)35-59(60,61)62)65-53(74)51(38-9-5-6-10-38)70-20-22-81-58(32-70)33-71(34-58)54(75)47-27-63-47/h11,13-14,23-24,26,37-38,42,46-48,51,63,66H,5-10,12,15-22,25,27-36H2,1-4H3,(H,65,74)/t37-,42-,46-,47+,48-,51-/m0/s1. The summed E-state index contributed by atoms with van der Waals surface area (Å²) in [5.74, 6) is -0.964. The van der Waals surface area contributed by atoms with Gasteiger partial charge < -0.3 is 43.9 Å². The summed E-state index contributed by atoms with van der Waals surface area (Å²) < 4.78 is 71.6. The summed E-state index contributed by atoms with van der Waals surface area (Å²) >= 11 is 0. The molecular formula is C59H80F3N11O8. The van der Waals surface area contributed by atoms with Crippen LogP contribution in [0.3, 0.4) is 0 Å². The van der Waals surface area contributed by atoms with Crippen LogP contribution in [-0.4, -0.2) is 218 Å². The Labute approximate surface area is 472 Å². The highest BCUT2D eigenvalue weighted by Crippen LogP contribution is 2.45. The minimum atomic E-state index is -4.60. The highest BCUT2D eigenvalue weighted by molar-refractivity contribution is 5.95. The zero-order valence-corrected chi connectivity index (χ0v) is 47.4. The fraction of sp³-hybridized carbons (Fsp3) is 0.678. The molecule has 19 nitrogen and oxygen atoms in total. The number of anilines is 1. The molecule has 7 atom stereocenters. The SMILES string of the molecule is CO[C@@H](C)c1ncc(N2CCN3CCOC[C@@H]3C2)cc1-c1c2c3cc(ccc3n1CC(F)(F)F)C1=CCCN(C1)C[C@H](NC(=O)[C@H](C1CCCC1)N1CCOC3(CN(C(=O)[C@H]4CN4)C3)C1)C(=O)N1CCC[C@H](N1)C(=O)OCC(C)(C)C2. The van der Waals surface area contributed by atoms with Crippen molar-refractivity contribution in [2.24, 2.45) is 11.3 Å². The Hall–Kier alpha value is -5.20. The summed E-state index contributed by atoms with van der Waals surface area (Å²) in [7, 11) is 1.57. The normalized spacial score (nSPS) is 28.4. The fourth-order valence-electron chi connectivity index (χ4n) is 14.3. The maximum absolute atomic E-state index is 15.3. The summed E-state index contributed by atoms with van der Waals surface area (Å²) in [5.41, 5.74) is 6.95. The summed E-state index contributed by atoms with van der Waals surface area (Å²) in [4.78, 5) is 73.5. The Morgan fingerprint density at radius 3 is 2.57 bits per heavy atom. The molecule has 22 heteroatoms. The lowest BCUT2D eigenvalue weighted by Crippen LogP contribution is -2.73. The van der Waals surface area contributed by atoms with E-state index in [1.807, 2.05) is 43.9 Å². The molecule has 1 saturated carbocycles. The number of alkyl halides is 3. The number of ether oxygens (including phenoxy) is 4. The second kappa shape index (κ2) is 22.8. The van der Waals surface area contributed by atoms with E-state index in [1.165, 1.54) is 9.58 Å². The number of hydrogen-bond donors (Lipinski definition) is 3. The van der Waals surface area contributed by atoms with Crippen molar-refractivity contribution in [2.45, 2.75) is 127 Å². The Bertz CT molecular complexity index is 2900. The Morgan fingerprint density at radius 2 is 1.79 bits per heavy atom. The predicted molar refractivity (Wildman–Crippen MR) is 297 cm³/mol. The number of nitrogens with one attached hydrogen (secondary N) is 3. The van der Waals surface area contributed by atoms with Crippen molar-refractivity contribution < 1.29 is 51.3 Å². The average Bonchev–Trinajstić information content (AvgIpc) is 3.57. The number of methoxy groups -OCH3 is 1. The number of rotatable bonds is 10. The van der Waals surface area contributed by atoms with Crippen molar-refractivity contribution in [1.82, 2.24) is 50.2 Å². The van der Waals surface area contributed by atoms with Crippen LogP contribution < -0.4 is 21.0 Å². The van der Waals surface area contributed by atoms with E-state index < -0.39 is 53.9 Å². The first-order valence-electron chi connectivity index (χ1n) is 29.6. The third-order valence-electron chi connectivity index (χ3n) is 18.6. The third-order valence-corrected chi connectivity index (χ3v) is 18.6. The lowest BCUT2D eigenvalue weighted by atomic mass is 9.84. The maximum Gasteiger partial charge on any atom is 0.406 e. The molecule has 0 radical (unpaired) electrons. The number of cyclic esters (lactones) is 1. The first-order chi connectivity index (χ1) is 38.9. The van der Waals surface area contributed by atoms with Gasteiger partial charge in [-0.1, -0.05) is 38.8 Å². The average molecular weight is 1130 g/mol. The van der Waals surface area contributed by atoms with Gasteiger partial charge in [-0.05, 0) is 86.3 Å². The Kier molecular flexibility index (Phi) is 15.8. The van der Waals surface area contributed by atoms with E-state index in [-0.39, 0.29) is 55.3 Å². The number of morpholine rings is 2. The van der Waals surface area contributed by atoms with Gasteiger partial charge in [-0.3, -0.25) is 43.9 Å². The number of benzene rings is 1. The molecule has 3 aromatic rings. The van der Waals surface area contributed by atoms with E-state index >= 15 is 22.8 Å². The lowest BCUT2D eigenvalue weighted by Gasteiger charge is -2.55. The molecule has 2 aromatic heterocycles. The van der Waals surface area contributed by atoms with Crippen LogP contribution in [0.15, 0.2) is 36.5 Å². The molecule has 440 valence electrons. The fourth-order valence-corrected chi connectivity index (χ4v) is 14.3. The molecule has 6 saturated heterocycles. The van der Waals surface area contributed by atoms with Gasteiger partial charge in [0.25, 0.3) is 5.91 Å². The smallest absolute Gasteiger partial charge is 0.406 e. The van der Waals surface area contributed by atoms with E-state index in [2.05, 4.69) is 41.7 Å². The molecule has 1 unspecified atom stereocenters. The zero-order chi connectivity index (χ0) is 56.4. The maximum atomic E-state index is 15.3. The van der Waals surface area contributed by atoms with Gasteiger partial charge in [-0.2, -0.15) is 13.2 Å². The predicted octanol–water partition coefficient (Wildman–Crippen LogP) is 4.13. The van der Waals surface area contributed by atoms with E-state index in [9.17, 15) is 9.59 Å². The molecular weight excluding hydrogens is 1050 g/mol. The van der Waals surface area contributed by atoms with Crippen LogP contribution in [0.1, 0.15) is 88.6 Å². The molecule has 1 aliphatic carbocycles. The first kappa shape index (κ1) is 56.3. The number of likely N-dealkylation sites (tertiary alicyclic amines) is 1. The second-order valence-corrected chi connectivity index (χ2v) is 25.2. The van der Waals surface area contributed by atoms with Gasteiger partial charge in [0.05, 0.1) is 87.0 Å². The molecule has 8 aliphatic heterocycles. The van der Waals surface area contributed by atoms with Gasteiger partial charge in [-0.15, -0.1) is 0 Å². The highest BCUT2D eigenvalue weighted by Gasteiger charge is 2.53. The van der Waals surface area contributed by atoms with Gasteiger partial charge in [0, 0.05) is 101 Å². The van der Waals surface area contributed by atoms with Crippen LogP contribution in [0.25, 0.3) is 27.7 Å². The number of halogens is 3. The van der Waals surface area contributed by atoms with Crippen LogP contribution in [0.4, 0.5) is 18.9 Å². The van der Waals surface area contributed by atoms with Crippen LogP contribution in [-0.2, 0) is 51.1 Å². The number of esters is 1. The third kappa shape index (κ3) is 11.9. The number of nitrogens with zero attached hydrogens (tertiary/aromatic N) is 8. The topological polar surface area (TPSA) is 188 Å². The van der Waals surface area contributed by atoms with Crippen molar-refractivity contribution in [3.63, 3.8) is 0 Å². The minimum Gasteiger partial charge on any atom is -0.464 e. The number of hydrogen-bond acceptors (Lipinski definition) is 15. The number of carbonyl (C=O) groups is 4. The summed E-state index contributed by atoms with van der Waals surface area (Å²) in [6.45, 7) is 13.4. The van der Waals surface area contributed by atoms with E-state index in [0.717, 1.165) is 62.1 Å². The van der Waals surface area contributed by atoms with Crippen molar-refractivity contribution in [2.75, 3.05) is 124 Å². The van der Waals surface area contributed by atoms with E-state index in [0.29, 0.717) is 131 Å². The molecule has 3 amide bonds. The van der Waals surface area contributed by atoms with Gasteiger partial charge in [-0.25, -0.2) is 5.43 Å². The molecule has 3 N–H and O–H groups in total. The molecule has 81 heavy (non-hydrogen) atoms. The highest BCUT2D eigenvalue weighted by atomic mass is 19.4. The number of piperazine rings is 1. The van der Waals surface area contributed by atoms with Gasteiger partial charge >= 0.3 is 12.1 Å². The van der Waals surface area contributed by atoms with E-state index in [1.54, 1.807) is 19.4 Å². The van der Waals surface area contributed by atoms with Crippen molar-refractivity contribution in [1.29, 1.82) is 0 Å². The zero-order valence-electron chi connectivity index (χ0n) is 47.4. The van der Waals surface area contributed by atoms with Crippen molar-refractivity contribution in [3.05, 3.63) is 53.4 Å². The first-order valence-corrected chi connectivity index (χ1v) is 29.6. The molecule has 1 aromatic carbocycles. The molecule has 7 fully saturated rings. The number of aromatic nitrogens is 2. The van der Waals surface area contributed by atoms with Crippen LogP contribution in [0.5, 0.6) is 0 Å². The van der Waals surface area contributed by atoms with E-state index in [4.69, 9.17) is 23.9 Å². The summed E-state index contributed by atoms with van der Waals surface area (Å²) in [6, 6.07) is 5.34. The molecule has 10 heterocycles. The van der Waals surface area contributed by atoms with Crippen molar-refractivity contribution in [3.8, 4) is 11.3 Å². The number of amides is 3. The lowest BCUT2D eigenvalue weighted by molar-refractivity contribution is -0.197. The monoisotopic (exact) mass is 1130 g/mol. The van der Waals surface area contributed by atoms with Gasteiger partial charge in [0.15, 0.2) is 0 Å². The molecule has 9 aliphatic rings. The Morgan fingerprint density at radius 1 is 0.975 bits per heavy atom. The number of hydrazine groups is 1. The van der Waals surface area contributed by atoms with Gasteiger partial charge in [0.2, 0.25) is 11.8 Å². The Balaban J connectivity index is 0.902. The molecule has 12 rings (SSSR count). The number of fused-ring (bicyclic) bond motifs is 7. The largest absolute Gasteiger partial charge is 0.464 e. The number of carbonyl (C=O) groups excluding carboxylic acids is 4. The van der Waals surface area contributed by atoms with Crippen LogP contribution >= 0.6 is 0 Å². The van der Waals surface area contributed by atoms with Gasteiger partial charge in [0.1, 0.15) is 24.2 Å². The van der Waals surface area contributed by atoms with Crippen LogP contribution in [0, 0.1) is 11.3 Å². The molecule has 1 spiro atoms. The molecule has 6 bridgehead atoms. The summed E-state index contributed by atoms with van der Waals surface area (Å²) in [6.07, 6.45) is 4.36. The van der Waals surface area contributed by atoms with Crippen LogP contribution in [0.2, 0.25) is 0 Å². The second-order valence-electron chi connectivity index (χ2n) is 25.2. The van der Waals surface area contributed by atoms with Crippen molar-refractivity contribution >= 4 is 45.9 Å². The quantitative estimate of drug-likeness (QED) is 0.194. The minimum absolute atomic E-state index is 0.0629.